The number of aliphatic hydroxyl groups is 1. The molecule has 0 radical (unpaired) electrons. The van der Waals surface area contributed by atoms with Crippen LogP contribution in [0.25, 0.3) is 6.08 Å². The molecule has 0 saturated carbocycles. The van der Waals surface area contributed by atoms with Gasteiger partial charge in [0.1, 0.15) is 0 Å². The summed E-state index contributed by atoms with van der Waals surface area (Å²) in [5.41, 5.74) is 3.49. The van der Waals surface area contributed by atoms with Crippen LogP contribution in [0.4, 0.5) is 0 Å². The van der Waals surface area contributed by atoms with E-state index in [2.05, 4.69) is 15.2 Å². The van der Waals surface area contributed by atoms with Gasteiger partial charge < -0.3 is 15.0 Å². The third-order valence-electron chi connectivity index (χ3n) is 7.62. The van der Waals surface area contributed by atoms with Gasteiger partial charge in [-0.2, -0.15) is 0 Å². The molecule has 2 aliphatic heterocycles. The second-order valence-corrected chi connectivity index (χ2v) is 9.68. The number of nitrogens with one attached hydrogen (secondary N) is 1. The molecular formula is C29H32N4O3. The van der Waals surface area contributed by atoms with E-state index in [1.807, 2.05) is 85.2 Å². The van der Waals surface area contributed by atoms with Crippen LogP contribution < -0.4 is 10.9 Å². The first kappa shape index (κ1) is 24.2. The van der Waals surface area contributed by atoms with Crippen molar-refractivity contribution in [2.75, 3.05) is 6.61 Å². The van der Waals surface area contributed by atoms with E-state index < -0.39 is 5.92 Å². The van der Waals surface area contributed by atoms with Crippen molar-refractivity contribution in [3.05, 3.63) is 106 Å². The molecule has 5 rings (SSSR count). The molecule has 5 atom stereocenters. The van der Waals surface area contributed by atoms with Crippen LogP contribution in [0.3, 0.4) is 0 Å². The van der Waals surface area contributed by atoms with Gasteiger partial charge in [-0.05, 0) is 49.2 Å². The SMILES string of the molecule is C/C=C\c1ccc2n(c1=O)C[C@H]1[C@H](CO)[C@@H](C(=O)N[C@@H](C)c3ccccc3)[C@@H]2N1Cc1ccncc1. The van der Waals surface area contributed by atoms with Crippen molar-refractivity contribution in [1.29, 1.82) is 0 Å². The fraction of sp³-hybridized carbons (Fsp3) is 0.345. The second kappa shape index (κ2) is 10.2. The van der Waals surface area contributed by atoms with Crippen molar-refractivity contribution in [1.82, 2.24) is 19.8 Å². The molecule has 0 unspecified atom stereocenters. The van der Waals surface area contributed by atoms with E-state index in [0.717, 1.165) is 16.8 Å². The summed E-state index contributed by atoms with van der Waals surface area (Å²) < 4.78 is 1.81. The van der Waals surface area contributed by atoms with Crippen LogP contribution in [0.1, 0.15) is 48.3 Å². The number of fused-ring (bicyclic) bond motifs is 4. The zero-order valence-electron chi connectivity index (χ0n) is 20.6. The van der Waals surface area contributed by atoms with Crippen molar-refractivity contribution in [2.45, 2.75) is 45.1 Å². The highest BCUT2D eigenvalue weighted by atomic mass is 16.3. The van der Waals surface area contributed by atoms with Gasteiger partial charge in [0.2, 0.25) is 5.91 Å². The summed E-state index contributed by atoms with van der Waals surface area (Å²) in [6.07, 6.45) is 7.20. The highest BCUT2D eigenvalue weighted by Gasteiger charge is 2.55. The molecule has 2 bridgehead atoms. The van der Waals surface area contributed by atoms with Crippen molar-refractivity contribution >= 4 is 12.0 Å². The molecule has 186 valence electrons. The molecular weight excluding hydrogens is 452 g/mol. The van der Waals surface area contributed by atoms with Crippen LogP contribution in [0.15, 0.2) is 77.9 Å². The van der Waals surface area contributed by atoms with E-state index in [1.54, 1.807) is 12.4 Å². The smallest absolute Gasteiger partial charge is 0.258 e. The number of aromatic nitrogens is 2. The van der Waals surface area contributed by atoms with Gasteiger partial charge in [-0.3, -0.25) is 19.5 Å². The highest BCUT2D eigenvalue weighted by molar-refractivity contribution is 5.81. The van der Waals surface area contributed by atoms with Crippen LogP contribution in [0.5, 0.6) is 0 Å². The fourth-order valence-electron chi connectivity index (χ4n) is 5.90. The first-order valence-corrected chi connectivity index (χ1v) is 12.5. The number of aliphatic hydroxyl groups excluding tert-OH is 1. The number of hydrogen-bond acceptors (Lipinski definition) is 5. The van der Waals surface area contributed by atoms with Gasteiger partial charge in [-0.25, -0.2) is 0 Å². The highest BCUT2D eigenvalue weighted by Crippen LogP contribution is 2.49. The number of rotatable bonds is 7. The van der Waals surface area contributed by atoms with Crippen LogP contribution in [0, 0.1) is 11.8 Å². The topological polar surface area (TPSA) is 87.5 Å². The Morgan fingerprint density at radius 2 is 1.92 bits per heavy atom. The van der Waals surface area contributed by atoms with E-state index in [0.29, 0.717) is 18.7 Å². The minimum atomic E-state index is -0.492. The summed E-state index contributed by atoms with van der Waals surface area (Å²) in [7, 11) is 0. The predicted molar refractivity (Wildman–Crippen MR) is 139 cm³/mol. The molecule has 1 amide bonds. The van der Waals surface area contributed by atoms with Gasteiger partial charge in [-0.15, -0.1) is 0 Å². The molecule has 7 heteroatoms. The van der Waals surface area contributed by atoms with Crippen molar-refractivity contribution < 1.29 is 9.90 Å². The average molecular weight is 485 g/mol. The zero-order chi connectivity index (χ0) is 25.2. The number of benzene rings is 1. The molecule has 2 aliphatic rings. The Hall–Kier alpha value is -3.55. The molecule has 0 spiro atoms. The number of carbonyl (C=O) groups excluding carboxylic acids is 1. The largest absolute Gasteiger partial charge is 0.396 e. The molecule has 3 aromatic rings. The van der Waals surface area contributed by atoms with Gasteiger partial charge in [0, 0.05) is 55.3 Å². The van der Waals surface area contributed by atoms with Crippen LogP contribution in [-0.2, 0) is 17.9 Å². The first-order valence-electron chi connectivity index (χ1n) is 12.5. The number of nitrogens with zero attached hydrogens (tertiary/aromatic N) is 3. The van der Waals surface area contributed by atoms with Gasteiger partial charge >= 0.3 is 0 Å². The van der Waals surface area contributed by atoms with Crippen molar-refractivity contribution in [3.63, 3.8) is 0 Å². The summed E-state index contributed by atoms with van der Waals surface area (Å²) in [6.45, 7) is 4.77. The molecule has 1 aromatic carbocycles. The molecule has 0 aliphatic carbocycles. The fourth-order valence-corrected chi connectivity index (χ4v) is 5.90. The monoisotopic (exact) mass is 484 g/mol. The number of carbonyl (C=O) groups is 1. The lowest BCUT2D eigenvalue weighted by Gasteiger charge is -2.38. The van der Waals surface area contributed by atoms with Gasteiger partial charge in [-0.1, -0.05) is 42.5 Å². The minimum absolute atomic E-state index is 0.0560. The maximum Gasteiger partial charge on any atom is 0.258 e. The van der Waals surface area contributed by atoms with Gasteiger partial charge in [0.25, 0.3) is 5.56 Å². The lowest BCUT2D eigenvalue weighted by Crippen LogP contribution is -2.46. The van der Waals surface area contributed by atoms with Gasteiger partial charge in [0.15, 0.2) is 0 Å². The first-order chi connectivity index (χ1) is 17.5. The Morgan fingerprint density at radius 1 is 1.17 bits per heavy atom. The quantitative estimate of drug-likeness (QED) is 0.537. The summed E-state index contributed by atoms with van der Waals surface area (Å²) >= 11 is 0. The Bertz CT molecular complexity index is 1310. The van der Waals surface area contributed by atoms with E-state index in [4.69, 9.17) is 0 Å². The molecule has 1 saturated heterocycles. The molecule has 1 fully saturated rings. The van der Waals surface area contributed by atoms with E-state index >= 15 is 0 Å². The Labute approximate surface area is 211 Å². The molecule has 2 N–H and O–H groups in total. The predicted octanol–water partition coefficient (Wildman–Crippen LogP) is 3.32. The van der Waals surface area contributed by atoms with Crippen molar-refractivity contribution in [2.24, 2.45) is 11.8 Å². The van der Waals surface area contributed by atoms with E-state index in [9.17, 15) is 14.7 Å². The number of hydrogen-bond donors (Lipinski definition) is 2. The lowest BCUT2D eigenvalue weighted by molar-refractivity contribution is -0.128. The zero-order valence-corrected chi connectivity index (χ0v) is 20.6. The average Bonchev–Trinajstić information content (AvgIpc) is 3.10. The molecule has 2 aromatic heterocycles. The van der Waals surface area contributed by atoms with Crippen LogP contribution in [0.2, 0.25) is 0 Å². The van der Waals surface area contributed by atoms with Crippen molar-refractivity contribution in [3.8, 4) is 0 Å². The third-order valence-corrected chi connectivity index (χ3v) is 7.62. The van der Waals surface area contributed by atoms with E-state index in [1.165, 1.54) is 0 Å². The Balaban J connectivity index is 1.55. The summed E-state index contributed by atoms with van der Waals surface area (Å²) in [6, 6.07) is 16.9. The Kier molecular flexibility index (Phi) is 6.85. The summed E-state index contributed by atoms with van der Waals surface area (Å²) in [5, 5.41) is 13.7. The molecule has 36 heavy (non-hydrogen) atoms. The van der Waals surface area contributed by atoms with Crippen LogP contribution >= 0.6 is 0 Å². The number of pyridine rings is 2. The minimum Gasteiger partial charge on any atom is -0.396 e. The number of amides is 1. The van der Waals surface area contributed by atoms with Gasteiger partial charge in [0.05, 0.1) is 18.0 Å². The normalized spacial score (nSPS) is 24.0. The maximum absolute atomic E-state index is 13.8. The molecule has 7 nitrogen and oxygen atoms in total. The summed E-state index contributed by atoms with van der Waals surface area (Å²) in [4.78, 5) is 33.6. The van der Waals surface area contributed by atoms with E-state index in [-0.39, 0.29) is 42.1 Å². The Morgan fingerprint density at radius 3 is 2.61 bits per heavy atom. The summed E-state index contributed by atoms with van der Waals surface area (Å²) in [5.74, 6) is -0.894. The van der Waals surface area contributed by atoms with Crippen LogP contribution in [-0.4, -0.2) is 38.1 Å². The molecule has 4 heterocycles. The maximum atomic E-state index is 13.8. The number of allylic oxidation sites excluding steroid dienone is 1. The standard InChI is InChI=1S/C29H32N4O3/c1-3-7-22-10-11-24-27-26(28(35)31-19(2)21-8-5-4-6-9-21)23(18-34)25(17-33(24)29(22)36)32(27)16-20-12-14-30-15-13-20/h3-15,19,23,25-27,34H,16-18H2,1-2H3,(H,31,35)/b7-3-/t19-,23-,25-,26+,27+/m0/s1. The third kappa shape index (κ3) is 4.29. The second-order valence-electron chi connectivity index (χ2n) is 9.68. The lowest BCUT2D eigenvalue weighted by atomic mass is 9.86.